The van der Waals surface area contributed by atoms with E-state index in [9.17, 15) is 4.39 Å². The van der Waals surface area contributed by atoms with Crippen LogP contribution < -0.4 is 0 Å². The summed E-state index contributed by atoms with van der Waals surface area (Å²) < 4.78 is 12.5. The van der Waals surface area contributed by atoms with E-state index in [1.165, 1.54) is 6.07 Å². The predicted octanol–water partition coefficient (Wildman–Crippen LogP) is 1.84. The van der Waals surface area contributed by atoms with Crippen molar-refractivity contribution in [3.8, 4) is 5.75 Å². The predicted molar refractivity (Wildman–Crippen MR) is 32.8 cm³/mol. The van der Waals surface area contributed by atoms with Crippen molar-refractivity contribution in [2.24, 2.45) is 0 Å². The molecule has 0 aliphatic rings. The number of halogens is 1. The quantitative estimate of drug-likeness (QED) is 0.703. The molecule has 1 rings (SSSR count). The van der Waals surface area contributed by atoms with Crippen LogP contribution in [-0.4, -0.2) is 5.11 Å². The minimum Gasteiger partial charge on any atom is -0.505 e. The fraction of sp³-hybridized carbons (Fsp3) is 0.143. The number of hydrogen-bond acceptors (Lipinski definition) is 1. The monoisotopic (exact) mass is 216 g/mol. The summed E-state index contributed by atoms with van der Waals surface area (Å²) in [4.78, 5) is 0. The third-order valence-electron chi connectivity index (χ3n) is 1.17. The van der Waals surface area contributed by atoms with E-state index in [1.54, 1.807) is 19.1 Å². The first-order chi connectivity index (χ1) is 4.22. The Morgan fingerprint density at radius 3 is 2.40 bits per heavy atom. The molecule has 0 atom stereocenters. The largest absolute Gasteiger partial charge is 0.505 e. The number of hydrogen-bond donors (Lipinski definition) is 1. The van der Waals surface area contributed by atoms with E-state index in [2.05, 4.69) is 0 Å². The van der Waals surface area contributed by atoms with Crippen LogP contribution in [0.2, 0.25) is 0 Å². The van der Waals surface area contributed by atoms with Gasteiger partial charge in [-0.05, 0) is 18.6 Å². The van der Waals surface area contributed by atoms with Gasteiger partial charge in [0.25, 0.3) is 0 Å². The van der Waals surface area contributed by atoms with Gasteiger partial charge in [0.1, 0.15) is 0 Å². The van der Waals surface area contributed by atoms with E-state index in [0.29, 0.717) is 5.56 Å². The van der Waals surface area contributed by atoms with Gasteiger partial charge in [0.05, 0.1) is 0 Å². The van der Waals surface area contributed by atoms with Crippen LogP contribution in [0, 0.1) is 12.7 Å². The molecule has 0 aliphatic heterocycles. The van der Waals surface area contributed by atoms with E-state index >= 15 is 0 Å². The van der Waals surface area contributed by atoms with Gasteiger partial charge in [-0.2, -0.15) is 0 Å². The molecule has 10 heavy (non-hydrogen) atoms. The Bertz CT molecular complexity index is 205. The zero-order chi connectivity index (χ0) is 6.85. The first kappa shape index (κ1) is 9.83. The van der Waals surface area contributed by atoms with Crippen LogP contribution in [0.5, 0.6) is 5.75 Å². The topological polar surface area (TPSA) is 20.2 Å². The van der Waals surface area contributed by atoms with E-state index in [4.69, 9.17) is 5.11 Å². The van der Waals surface area contributed by atoms with E-state index in [0.717, 1.165) is 0 Å². The second-order valence-electron chi connectivity index (χ2n) is 1.91. The molecule has 0 heterocycles. The summed E-state index contributed by atoms with van der Waals surface area (Å²) in [5.41, 5.74) is 0.468. The molecule has 1 aromatic carbocycles. The van der Waals surface area contributed by atoms with Gasteiger partial charge in [0.15, 0.2) is 11.6 Å². The molecule has 0 fully saturated rings. The Morgan fingerprint density at radius 1 is 1.40 bits per heavy atom. The molecule has 0 aliphatic carbocycles. The van der Waals surface area contributed by atoms with Gasteiger partial charge in [-0.15, -0.1) is 0 Å². The molecule has 0 unspecified atom stereocenters. The van der Waals surface area contributed by atoms with Crippen molar-refractivity contribution >= 4 is 0 Å². The van der Waals surface area contributed by atoms with E-state index < -0.39 is 5.82 Å². The molecular weight excluding hydrogens is 210 g/mol. The van der Waals surface area contributed by atoms with Crippen LogP contribution in [0.1, 0.15) is 5.56 Å². The fourth-order valence-corrected chi connectivity index (χ4v) is 0.632. The van der Waals surface area contributed by atoms with Crippen molar-refractivity contribution in [3.63, 3.8) is 0 Å². The van der Waals surface area contributed by atoms with Crippen LogP contribution in [0.15, 0.2) is 18.2 Å². The van der Waals surface area contributed by atoms with Gasteiger partial charge in [-0.25, -0.2) is 4.39 Å². The van der Waals surface area contributed by atoms with Crippen LogP contribution in [0.3, 0.4) is 0 Å². The molecule has 0 amide bonds. The van der Waals surface area contributed by atoms with Gasteiger partial charge in [0, 0.05) is 26.2 Å². The average molecular weight is 217 g/mol. The number of phenolic OH excluding ortho intramolecular Hbond substituents is 1. The molecule has 1 N–H and O–H groups in total. The third kappa shape index (κ3) is 1.91. The van der Waals surface area contributed by atoms with Gasteiger partial charge in [0.2, 0.25) is 0 Å². The minimum atomic E-state index is -0.530. The summed E-state index contributed by atoms with van der Waals surface area (Å²) in [7, 11) is 0. The molecule has 1 aromatic rings. The number of aryl methyl sites for hydroxylation is 1. The second kappa shape index (κ2) is 3.87. The van der Waals surface area contributed by atoms with Crippen LogP contribution >= 0.6 is 0 Å². The van der Waals surface area contributed by atoms with Gasteiger partial charge < -0.3 is 5.11 Å². The Morgan fingerprint density at radius 2 is 2.00 bits per heavy atom. The summed E-state index contributed by atoms with van der Waals surface area (Å²) in [6.07, 6.45) is 0. The average Bonchev–Trinajstić information content (AvgIpc) is 1.83. The molecule has 0 bridgehead atoms. The molecule has 1 nitrogen and oxygen atoms in total. The number of benzene rings is 1. The van der Waals surface area contributed by atoms with Gasteiger partial charge in [-0.1, -0.05) is 12.1 Å². The Kier molecular flexibility index (Phi) is 3.81. The molecule has 0 aromatic heterocycles. The molecule has 0 saturated heterocycles. The minimum absolute atomic E-state index is 0. The van der Waals surface area contributed by atoms with Crippen molar-refractivity contribution in [1.29, 1.82) is 0 Å². The van der Waals surface area contributed by atoms with Crippen molar-refractivity contribution in [3.05, 3.63) is 29.6 Å². The normalized spacial score (nSPS) is 8.60. The first-order valence-electron chi connectivity index (χ1n) is 2.66. The van der Waals surface area contributed by atoms with Crippen molar-refractivity contribution in [2.45, 2.75) is 6.92 Å². The maximum Gasteiger partial charge on any atom is 0.167 e. The van der Waals surface area contributed by atoms with E-state index in [1.807, 2.05) is 0 Å². The number of rotatable bonds is 0. The number of aromatic hydroxyl groups is 1. The Hall–Kier alpha value is -0.167. The summed E-state index contributed by atoms with van der Waals surface area (Å²) >= 11 is 0. The van der Waals surface area contributed by atoms with Crippen LogP contribution in [0.25, 0.3) is 0 Å². The molecule has 0 saturated carbocycles. The SMILES string of the molecule is Cc1cccc(O)c1F.[Zr]. The summed E-state index contributed by atoms with van der Waals surface area (Å²) in [5.74, 6) is -0.812. The smallest absolute Gasteiger partial charge is 0.167 e. The molecule has 3 heteroatoms. The van der Waals surface area contributed by atoms with Crippen LogP contribution in [-0.2, 0) is 26.2 Å². The van der Waals surface area contributed by atoms with Crippen molar-refractivity contribution in [2.75, 3.05) is 0 Å². The van der Waals surface area contributed by atoms with Crippen LogP contribution in [0.4, 0.5) is 4.39 Å². The first-order valence-corrected chi connectivity index (χ1v) is 2.66. The summed E-state index contributed by atoms with van der Waals surface area (Å²) in [6.45, 7) is 1.61. The van der Waals surface area contributed by atoms with Crippen molar-refractivity contribution in [1.82, 2.24) is 0 Å². The molecule has 0 radical (unpaired) electrons. The molecular formula is C7H7FOZr. The summed E-state index contributed by atoms with van der Waals surface area (Å²) in [6, 6.07) is 4.53. The zero-order valence-electron chi connectivity index (χ0n) is 5.56. The Labute approximate surface area is 78.0 Å². The maximum absolute atomic E-state index is 12.5. The maximum atomic E-state index is 12.5. The molecule has 0 spiro atoms. The van der Waals surface area contributed by atoms with Gasteiger partial charge >= 0.3 is 0 Å². The summed E-state index contributed by atoms with van der Waals surface area (Å²) in [5, 5.41) is 8.73. The Balaban J connectivity index is 0.000000810. The van der Waals surface area contributed by atoms with Gasteiger partial charge in [-0.3, -0.25) is 0 Å². The fourth-order valence-electron chi connectivity index (χ4n) is 0.632. The zero-order valence-corrected chi connectivity index (χ0v) is 8.02. The third-order valence-corrected chi connectivity index (χ3v) is 1.17. The molecule has 52 valence electrons. The second-order valence-corrected chi connectivity index (χ2v) is 1.91. The van der Waals surface area contributed by atoms with E-state index in [-0.39, 0.29) is 32.0 Å². The standard InChI is InChI=1S/C7H7FO.Zr/c1-5-3-2-4-6(9)7(5)8;/h2-4,9H,1H3;. The van der Waals surface area contributed by atoms with Crippen molar-refractivity contribution < 1.29 is 35.7 Å². The number of phenols is 1.